The van der Waals surface area contributed by atoms with E-state index in [9.17, 15) is 4.39 Å². The predicted octanol–water partition coefficient (Wildman–Crippen LogP) is 2.48. The summed E-state index contributed by atoms with van der Waals surface area (Å²) in [7, 11) is 0. The van der Waals surface area contributed by atoms with Crippen LogP contribution in [0.3, 0.4) is 0 Å². The fourth-order valence-electron chi connectivity index (χ4n) is 1.46. The first-order chi connectivity index (χ1) is 9.28. The van der Waals surface area contributed by atoms with Gasteiger partial charge in [-0.15, -0.1) is 0 Å². The largest absolute Gasteiger partial charge is 0.449 e. The maximum absolute atomic E-state index is 12.7. The molecular formula is C13H12FN3O2. The molecule has 0 spiro atoms. The Balaban J connectivity index is 1.87. The van der Waals surface area contributed by atoms with Gasteiger partial charge in [0.15, 0.2) is 5.82 Å². The maximum atomic E-state index is 12.7. The van der Waals surface area contributed by atoms with Crippen molar-refractivity contribution < 1.29 is 13.7 Å². The summed E-state index contributed by atoms with van der Waals surface area (Å²) >= 11 is 0. The van der Waals surface area contributed by atoms with Crippen molar-refractivity contribution in [2.45, 2.75) is 19.3 Å². The molecule has 1 aromatic carbocycles. The number of nitrogens with zero attached hydrogens (tertiary/aromatic N) is 3. The first-order valence-electron chi connectivity index (χ1n) is 5.84. The van der Waals surface area contributed by atoms with Crippen LogP contribution in [0.1, 0.15) is 24.2 Å². The number of nitriles is 1. The summed E-state index contributed by atoms with van der Waals surface area (Å²) in [5.41, 5.74) is 0.887. The van der Waals surface area contributed by atoms with Gasteiger partial charge in [0.25, 0.3) is 0 Å². The number of ether oxygens (including phenoxy) is 1. The van der Waals surface area contributed by atoms with E-state index >= 15 is 0 Å². The fraction of sp³-hybridized carbons (Fsp3) is 0.308. The van der Waals surface area contributed by atoms with Crippen LogP contribution in [0.25, 0.3) is 0 Å². The van der Waals surface area contributed by atoms with E-state index in [1.165, 1.54) is 12.1 Å². The molecule has 0 bridgehead atoms. The van der Waals surface area contributed by atoms with Gasteiger partial charge in [-0.1, -0.05) is 17.3 Å². The third-order valence-electron chi connectivity index (χ3n) is 2.38. The summed E-state index contributed by atoms with van der Waals surface area (Å²) in [6.07, 6.45) is 1.59. The molecule has 0 atom stereocenters. The van der Waals surface area contributed by atoms with Gasteiger partial charge in [0.1, 0.15) is 5.82 Å². The van der Waals surface area contributed by atoms with Crippen LogP contribution in [-0.4, -0.2) is 16.7 Å². The van der Waals surface area contributed by atoms with Gasteiger partial charge in [-0.05, 0) is 24.1 Å². The minimum atomic E-state index is -0.279. The number of hydrogen-bond donors (Lipinski definition) is 0. The molecule has 1 aromatic heterocycles. The minimum Gasteiger partial charge on any atom is -0.449 e. The first kappa shape index (κ1) is 13.0. The number of hydrogen-bond acceptors (Lipinski definition) is 5. The summed E-state index contributed by atoms with van der Waals surface area (Å²) in [6, 6.07) is 8.12. The Hall–Kier alpha value is -2.42. The van der Waals surface area contributed by atoms with E-state index < -0.39 is 0 Å². The van der Waals surface area contributed by atoms with E-state index in [-0.39, 0.29) is 11.9 Å². The zero-order valence-corrected chi connectivity index (χ0v) is 10.2. The lowest BCUT2D eigenvalue weighted by molar-refractivity contribution is 0.202. The summed E-state index contributed by atoms with van der Waals surface area (Å²) in [5, 5.41) is 12.1. The van der Waals surface area contributed by atoms with Crippen molar-refractivity contribution >= 4 is 0 Å². The second kappa shape index (κ2) is 6.50. The highest BCUT2D eigenvalue weighted by atomic mass is 19.1. The van der Waals surface area contributed by atoms with Crippen molar-refractivity contribution in [2.24, 2.45) is 0 Å². The molecule has 0 aliphatic rings. The van der Waals surface area contributed by atoms with E-state index in [1.54, 1.807) is 12.1 Å². The standard InChI is InChI=1S/C13H12FN3O2/c14-11-5-3-10(4-6-11)9-12-16-13(19-17-12)18-8-2-1-7-15/h3-6H,1-2,8-9H2. The molecule has 0 aliphatic heterocycles. The van der Waals surface area contributed by atoms with Crippen molar-refractivity contribution in [1.82, 2.24) is 10.1 Å². The molecule has 0 radical (unpaired) electrons. The molecule has 5 nitrogen and oxygen atoms in total. The van der Waals surface area contributed by atoms with Gasteiger partial charge in [-0.2, -0.15) is 10.2 Å². The lowest BCUT2D eigenvalue weighted by atomic mass is 10.1. The zero-order valence-electron chi connectivity index (χ0n) is 10.2. The molecule has 0 N–H and O–H groups in total. The van der Waals surface area contributed by atoms with Crippen molar-refractivity contribution in [1.29, 1.82) is 5.26 Å². The number of unbranched alkanes of at least 4 members (excludes halogenated alkanes) is 1. The van der Waals surface area contributed by atoms with E-state index in [0.29, 0.717) is 31.7 Å². The molecular weight excluding hydrogens is 249 g/mol. The van der Waals surface area contributed by atoms with Crippen LogP contribution < -0.4 is 4.74 Å². The average Bonchev–Trinajstić information content (AvgIpc) is 2.85. The Labute approximate surface area is 109 Å². The molecule has 98 valence electrons. The van der Waals surface area contributed by atoms with Crippen molar-refractivity contribution in [2.75, 3.05) is 6.61 Å². The molecule has 0 aliphatic carbocycles. The van der Waals surface area contributed by atoms with Gasteiger partial charge in [0, 0.05) is 12.8 Å². The number of benzene rings is 1. The molecule has 0 unspecified atom stereocenters. The lowest BCUT2D eigenvalue weighted by Crippen LogP contribution is -1.97. The minimum absolute atomic E-state index is 0.0926. The Bertz CT molecular complexity index is 560. The van der Waals surface area contributed by atoms with E-state index in [0.717, 1.165) is 5.56 Å². The van der Waals surface area contributed by atoms with E-state index in [2.05, 4.69) is 10.1 Å². The fourth-order valence-corrected chi connectivity index (χ4v) is 1.46. The van der Waals surface area contributed by atoms with Crippen molar-refractivity contribution in [3.63, 3.8) is 0 Å². The molecule has 0 fully saturated rings. The topological polar surface area (TPSA) is 71.9 Å². The molecule has 0 amide bonds. The molecule has 2 aromatic rings. The molecule has 19 heavy (non-hydrogen) atoms. The van der Waals surface area contributed by atoms with Crippen LogP contribution in [0.5, 0.6) is 6.08 Å². The second-order valence-electron chi connectivity index (χ2n) is 3.89. The molecule has 2 rings (SSSR count). The summed E-state index contributed by atoms with van der Waals surface area (Å²) in [4.78, 5) is 4.05. The molecule has 1 heterocycles. The maximum Gasteiger partial charge on any atom is 0.417 e. The molecule has 0 saturated carbocycles. The quantitative estimate of drug-likeness (QED) is 0.747. The highest BCUT2D eigenvalue weighted by molar-refractivity contribution is 5.19. The SMILES string of the molecule is N#CCCCOc1nc(Cc2ccc(F)cc2)no1. The van der Waals surface area contributed by atoms with E-state index in [4.69, 9.17) is 14.5 Å². The van der Waals surface area contributed by atoms with Crippen LogP contribution in [0.15, 0.2) is 28.8 Å². The monoisotopic (exact) mass is 261 g/mol. The van der Waals surface area contributed by atoms with Crippen molar-refractivity contribution in [3.05, 3.63) is 41.5 Å². The Morgan fingerprint density at radius 1 is 1.32 bits per heavy atom. The van der Waals surface area contributed by atoms with Crippen LogP contribution in [0.2, 0.25) is 0 Å². The number of rotatable bonds is 6. The smallest absolute Gasteiger partial charge is 0.417 e. The van der Waals surface area contributed by atoms with Crippen LogP contribution >= 0.6 is 0 Å². The highest BCUT2D eigenvalue weighted by Gasteiger charge is 2.08. The number of aromatic nitrogens is 2. The Morgan fingerprint density at radius 2 is 2.11 bits per heavy atom. The number of halogens is 1. The normalized spacial score (nSPS) is 10.1. The summed E-state index contributed by atoms with van der Waals surface area (Å²) < 4.78 is 22.8. The van der Waals surface area contributed by atoms with Gasteiger partial charge in [0.2, 0.25) is 0 Å². The second-order valence-corrected chi connectivity index (χ2v) is 3.89. The van der Waals surface area contributed by atoms with Gasteiger partial charge in [-0.3, -0.25) is 4.52 Å². The van der Waals surface area contributed by atoms with Crippen LogP contribution in [-0.2, 0) is 6.42 Å². The van der Waals surface area contributed by atoms with Crippen molar-refractivity contribution in [3.8, 4) is 12.1 Å². The Morgan fingerprint density at radius 3 is 2.84 bits per heavy atom. The summed E-state index contributed by atoms with van der Waals surface area (Å²) in [5.74, 6) is 0.195. The third kappa shape index (κ3) is 4.07. The third-order valence-corrected chi connectivity index (χ3v) is 2.38. The molecule has 0 saturated heterocycles. The lowest BCUT2D eigenvalue weighted by Gasteiger charge is -1.96. The van der Waals surface area contributed by atoms with Gasteiger partial charge in [-0.25, -0.2) is 4.39 Å². The summed E-state index contributed by atoms with van der Waals surface area (Å²) in [6.45, 7) is 0.367. The van der Waals surface area contributed by atoms with Crippen LogP contribution in [0.4, 0.5) is 4.39 Å². The van der Waals surface area contributed by atoms with Gasteiger partial charge < -0.3 is 4.74 Å². The predicted molar refractivity (Wildman–Crippen MR) is 63.8 cm³/mol. The Kier molecular flexibility index (Phi) is 4.45. The van der Waals surface area contributed by atoms with Gasteiger partial charge >= 0.3 is 6.08 Å². The average molecular weight is 261 g/mol. The highest BCUT2D eigenvalue weighted by Crippen LogP contribution is 2.12. The molecule has 6 heteroatoms. The van der Waals surface area contributed by atoms with E-state index in [1.807, 2.05) is 6.07 Å². The van der Waals surface area contributed by atoms with Gasteiger partial charge in [0.05, 0.1) is 12.7 Å². The van der Waals surface area contributed by atoms with Crippen LogP contribution in [0, 0.1) is 17.1 Å². The zero-order chi connectivity index (χ0) is 13.5. The first-order valence-corrected chi connectivity index (χ1v) is 5.84.